The quantitative estimate of drug-likeness (QED) is 0.647. The van der Waals surface area contributed by atoms with E-state index in [4.69, 9.17) is 0 Å². The fraction of sp³-hybridized carbons (Fsp3) is 0.500. The maximum absolute atomic E-state index is 4.39. The zero-order chi connectivity index (χ0) is 18.0. The Morgan fingerprint density at radius 1 is 1.28 bits per heavy atom. The van der Waals surface area contributed by atoms with Crippen molar-refractivity contribution in [2.24, 2.45) is 5.41 Å². The smallest absolute Gasteiger partial charge is 0.0801 e. The van der Waals surface area contributed by atoms with Crippen LogP contribution in [0.25, 0.3) is 10.4 Å². The van der Waals surface area contributed by atoms with E-state index in [0.29, 0.717) is 11.5 Å². The molecule has 0 radical (unpaired) electrons. The Labute approximate surface area is 156 Å². The predicted molar refractivity (Wildman–Crippen MR) is 109 cm³/mol. The van der Waals surface area contributed by atoms with Crippen molar-refractivity contribution in [2.75, 3.05) is 6.54 Å². The molecule has 134 valence electrons. The molecule has 1 aliphatic rings. The first kappa shape index (κ1) is 18.2. The first-order valence-corrected chi connectivity index (χ1v) is 10.2. The van der Waals surface area contributed by atoms with Gasteiger partial charge in [0, 0.05) is 18.3 Å². The van der Waals surface area contributed by atoms with E-state index in [1.165, 1.54) is 34.5 Å². The number of nitrogens with zero attached hydrogens (tertiary/aromatic N) is 2. The predicted octanol–water partition coefficient (Wildman–Crippen LogP) is 6.08. The fourth-order valence-electron chi connectivity index (χ4n) is 3.82. The Balaban J connectivity index is 1.67. The molecule has 1 saturated heterocycles. The summed E-state index contributed by atoms with van der Waals surface area (Å²) in [5.41, 5.74) is 7.37. The number of likely N-dealkylation sites (tertiary alicyclic amines) is 1. The lowest BCUT2D eigenvalue weighted by molar-refractivity contribution is 0.273. The standard InChI is InChI=1S/C22H30N2S/c1-16(14-22(3,4)5)24-12-6-7-20(24)13-18-8-10-19(11-9-18)21-17(2)23-15-25-21/h8-11,15,20H,1,6-7,12-14H2,2-5H3. The Kier molecular flexibility index (Phi) is 5.33. The lowest BCUT2D eigenvalue weighted by Crippen LogP contribution is -2.31. The minimum absolute atomic E-state index is 0.304. The summed E-state index contributed by atoms with van der Waals surface area (Å²) in [6.07, 6.45) is 4.75. The summed E-state index contributed by atoms with van der Waals surface area (Å²) in [4.78, 5) is 8.21. The normalized spacial score (nSPS) is 17.9. The molecule has 0 saturated carbocycles. The highest BCUT2D eigenvalue weighted by molar-refractivity contribution is 7.13. The molecular weight excluding hydrogens is 324 g/mol. The van der Waals surface area contributed by atoms with Gasteiger partial charge < -0.3 is 4.90 Å². The first-order valence-electron chi connectivity index (χ1n) is 9.27. The van der Waals surface area contributed by atoms with Gasteiger partial charge in [0.25, 0.3) is 0 Å². The van der Waals surface area contributed by atoms with E-state index in [1.54, 1.807) is 11.3 Å². The molecule has 3 rings (SSSR count). The van der Waals surface area contributed by atoms with Crippen LogP contribution in [0.15, 0.2) is 42.1 Å². The molecule has 1 unspecified atom stereocenters. The minimum Gasteiger partial charge on any atom is -0.372 e. The van der Waals surface area contributed by atoms with Crippen molar-refractivity contribution in [3.63, 3.8) is 0 Å². The van der Waals surface area contributed by atoms with Crippen LogP contribution >= 0.6 is 11.3 Å². The Hall–Kier alpha value is -1.61. The summed E-state index contributed by atoms with van der Waals surface area (Å²) >= 11 is 1.72. The molecule has 1 aromatic carbocycles. The number of aromatic nitrogens is 1. The lowest BCUT2D eigenvalue weighted by Gasteiger charge is -2.32. The topological polar surface area (TPSA) is 16.1 Å². The van der Waals surface area contributed by atoms with Crippen LogP contribution in [0.4, 0.5) is 0 Å². The van der Waals surface area contributed by atoms with E-state index in [1.807, 2.05) is 5.51 Å². The van der Waals surface area contributed by atoms with Crippen molar-refractivity contribution in [3.05, 3.63) is 53.3 Å². The van der Waals surface area contributed by atoms with Crippen molar-refractivity contribution < 1.29 is 0 Å². The lowest BCUT2D eigenvalue weighted by atomic mass is 9.90. The first-order chi connectivity index (χ1) is 11.8. The molecule has 2 heterocycles. The van der Waals surface area contributed by atoms with Crippen LogP contribution < -0.4 is 0 Å². The number of rotatable bonds is 5. The van der Waals surface area contributed by atoms with Gasteiger partial charge in [-0.25, -0.2) is 4.98 Å². The van der Waals surface area contributed by atoms with E-state index in [2.05, 4.69) is 68.4 Å². The highest BCUT2D eigenvalue weighted by Gasteiger charge is 2.27. The number of allylic oxidation sites excluding steroid dienone is 1. The molecule has 1 aromatic heterocycles. The third kappa shape index (κ3) is 4.52. The molecule has 2 aromatic rings. The number of benzene rings is 1. The average molecular weight is 355 g/mol. The summed E-state index contributed by atoms with van der Waals surface area (Å²) in [6.45, 7) is 14.5. The summed E-state index contributed by atoms with van der Waals surface area (Å²) in [6, 6.07) is 9.68. The molecule has 3 heteroatoms. The number of thiazole rings is 1. The summed E-state index contributed by atoms with van der Waals surface area (Å²) in [7, 11) is 0. The van der Waals surface area contributed by atoms with Gasteiger partial charge in [-0.3, -0.25) is 0 Å². The van der Waals surface area contributed by atoms with Crippen LogP contribution in [0.5, 0.6) is 0 Å². The molecule has 0 bridgehead atoms. The van der Waals surface area contributed by atoms with E-state index in [9.17, 15) is 0 Å². The van der Waals surface area contributed by atoms with Gasteiger partial charge in [-0.15, -0.1) is 11.3 Å². The fourth-order valence-corrected chi connectivity index (χ4v) is 4.63. The van der Waals surface area contributed by atoms with Gasteiger partial charge in [-0.05, 0) is 49.1 Å². The molecule has 1 fully saturated rings. The molecule has 0 amide bonds. The molecule has 25 heavy (non-hydrogen) atoms. The van der Waals surface area contributed by atoms with Crippen molar-refractivity contribution in [2.45, 2.75) is 59.4 Å². The molecule has 1 aliphatic heterocycles. The van der Waals surface area contributed by atoms with Crippen LogP contribution in [0, 0.1) is 12.3 Å². The van der Waals surface area contributed by atoms with Gasteiger partial charge >= 0.3 is 0 Å². The van der Waals surface area contributed by atoms with Crippen LogP contribution in [0.2, 0.25) is 0 Å². The third-order valence-electron chi connectivity index (χ3n) is 4.95. The second-order valence-electron chi connectivity index (χ2n) is 8.46. The Morgan fingerprint density at radius 3 is 2.60 bits per heavy atom. The number of hydrogen-bond acceptors (Lipinski definition) is 3. The monoisotopic (exact) mass is 354 g/mol. The van der Waals surface area contributed by atoms with Gasteiger partial charge in [-0.2, -0.15) is 0 Å². The zero-order valence-corrected chi connectivity index (χ0v) is 16.8. The van der Waals surface area contributed by atoms with Crippen LogP contribution in [0.1, 0.15) is 51.3 Å². The molecule has 0 N–H and O–H groups in total. The average Bonchev–Trinajstić information content (AvgIpc) is 3.15. The van der Waals surface area contributed by atoms with Crippen molar-refractivity contribution >= 4 is 11.3 Å². The van der Waals surface area contributed by atoms with Crippen LogP contribution in [0.3, 0.4) is 0 Å². The van der Waals surface area contributed by atoms with E-state index in [-0.39, 0.29) is 0 Å². The van der Waals surface area contributed by atoms with Crippen molar-refractivity contribution in [1.82, 2.24) is 9.88 Å². The maximum atomic E-state index is 4.39. The second-order valence-corrected chi connectivity index (χ2v) is 9.32. The van der Waals surface area contributed by atoms with Gasteiger partial charge in [0.15, 0.2) is 0 Å². The summed E-state index contributed by atoms with van der Waals surface area (Å²) in [5.74, 6) is 0. The Bertz CT molecular complexity index is 721. The summed E-state index contributed by atoms with van der Waals surface area (Å²) in [5, 5.41) is 0. The third-order valence-corrected chi connectivity index (χ3v) is 5.93. The van der Waals surface area contributed by atoms with Gasteiger partial charge in [0.2, 0.25) is 0 Å². The van der Waals surface area contributed by atoms with Crippen molar-refractivity contribution in [1.29, 1.82) is 0 Å². The van der Waals surface area contributed by atoms with Crippen LogP contribution in [-0.2, 0) is 6.42 Å². The van der Waals surface area contributed by atoms with Gasteiger partial charge in [0.05, 0.1) is 16.1 Å². The molecular formula is C22H30N2S. The van der Waals surface area contributed by atoms with E-state index in [0.717, 1.165) is 25.1 Å². The van der Waals surface area contributed by atoms with E-state index >= 15 is 0 Å². The highest BCUT2D eigenvalue weighted by atomic mass is 32.1. The van der Waals surface area contributed by atoms with Gasteiger partial charge in [0.1, 0.15) is 0 Å². The largest absolute Gasteiger partial charge is 0.372 e. The van der Waals surface area contributed by atoms with Crippen molar-refractivity contribution in [3.8, 4) is 10.4 Å². The molecule has 0 aliphatic carbocycles. The molecule has 2 nitrogen and oxygen atoms in total. The van der Waals surface area contributed by atoms with Gasteiger partial charge in [-0.1, -0.05) is 51.6 Å². The molecule has 0 spiro atoms. The zero-order valence-electron chi connectivity index (χ0n) is 16.0. The SMILES string of the molecule is C=C(CC(C)(C)C)N1CCCC1Cc1ccc(-c2scnc2C)cc1. The number of aryl methyl sites for hydroxylation is 1. The maximum Gasteiger partial charge on any atom is 0.0801 e. The summed E-state index contributed by atoms with van der Waals surface area (Å²) < 4.78 is 0. The van der Waals surface area contributed by atoms with E-state index < -0.39 is 0 Å². The Morgan fingerprint density at radius 2 is 2.00 bits per heavy atom. The highest BCUT2D eigenvalue weighted by Crippen LogP contribution is 2.32. The second kappa shape index (κ2) is 7.33. The molecule has 1 atom stereocenters. The minimum atomic E-state index is 0.304. The number of hydrogen-bond donors (Lipinski definition) is 0. The van der Waals surface area contributed by atoms with Crippen LogP contribution in [-0.4, -0.2) is 22.5 Å².